The molecule has 0 aliphatic rings. The third-order valence-corrected chi connectivity index (χ3v) is 3.51. The van der Waals surface area contributed by atoms with E-state index in [0.29, 0.717) is 25.0 Å². The lowest BCUT2D eigenvalue weighted by atomic mass is 10.2. The number of rotatable bonds is 5. The van der Waals surface area contributed by atoms with E-state index in [1.165, 1.54) is 4.88 Å². The van der Waals surface area contributed by atoms with Crippen molar-refractivity contribution in [2.24, 2.45) is 0 Å². The van der Waals surface area contributed by atoms with Crippen molar-refractivity contribution < 1.29 is 9.47 Å². The molecule has 0 aliphatic heterocycles. The highest BCUT2D eigenvalue weighted by atomic mass is 32.1. The van der Waals surface area contributed by atoms with Crippen LogP contribution in [0.1, 0.15) is 25.6 Å². The van der Waals surface area contributed by atoms with Crippen molar-refractivity contribution in [1.82, 2.24) is 9.97 Å². The number of ether oxygens (including phenoxy) is 2. The molecule has 5 nitrogen and oxygen atoms in total. The number of nitrogens with zero attached hydrogens (tertiary/aromatic N) is 2. The zero-order chi connectivity index (χ0) is 14.8. The van der Waals surface area contributed by atoms with E-state index in [-0.39, 0.29) is 5.60 Å². The van der Waals surface area contributed by atoms with Crippen molar-refractivity contribution in [3.63, 3.8) is 0 Å². The third-order valence-electron chi connectivity index (χ3n) is 2.56. The number of nitrogens with one attached hydrogen (secondary N) is 1. The molecule has 0 unspecified atom stereocenters. The minimum Gasteiger partial charge on any atom is -0.475 e. The van der Waals surface area contributed by atoms with Gasteiger partial charge in [0.2, 0.25) is 11.8 Å². The molecule has 2 aromatic heterocycles. The van der Waals surface area contributed by atoms with Gasteiger partial charge in [0, 0.05) is 11.9 Å². The van der Waals surface area contributed by atoms with Crippen LogP contribution in [0, 0.1) is 6.92 Å². The lowest BCUT2D eigenvalue weighted by molar-refractivity contribution is -0.0166. The van der Waals surface area contributed by atoms with Gasteiger partial charge in [0.25, 0.3) is 0 Å². The van der Waals surface area contributed by atoms with Crippen LogP contribution >= 0.6 is 11.3 Å². The molecular formula is C14H21N3O2S. The number of hydrogen-bond donors (Lipinski definition) is 1. The average molecular weight is 295 g/mol. The molecule has 0 aromatic carbocycles. The largest absolute Gasteiger partial charge is 0.475 e. The van der Waals surface area contributed by atoms with Crippen LogP contribution in [0.25, 0.3) is 10.2 Å². The van der Waals surface area contributed by atoms with Gasteiger partial charge in [-0.15, -0.1) is 11.3 Å². The van der Waals surface area contributed by atoms with Crippen molar-refractivity contribution in [3.8, 4) is 5.88 Å². The lowest BCUT2D eigenvalue weighted by Gasteiger charge is -2.19. The van der Waals surface area contributed by atoms with Crippen LogP contribution in [0.15, 0.2) is 6.07 Å². The maximum absolute atomic E-state index is 5.76. The van der Waals surface area contributed by atoms with E-state index >= 15 is 0 Å². The fourth-order valence-corrected chi connectivity index (χ4v) is 2.59. The summed E-state index contributed by atoms with van der Waals surface area (Å²) in [4.78, 5) is 10.9. The Balaban J connectivity index is 2.12. The summed E-state index contributed by atoms with van der Waals surface area (Å²) in [5.74, 6) is 1.19. The molecular weight excluding hydrogens is 274 g/mol. The first kappa shape index (κ1) is 15.0. The minimum absolute atomic E-state index is 0.153. The predicted molar refractivity (Wildman–Crippen MR) is 82.9 cm³/mol. The zero-order valence-corrected chi connectivity index (χ0v) is 13.4. The van der Waals surface area contributed by atoms with Crippen LogP contribution in [0.2, 0.25) is 0 Å². The quantitative estimate of drug-likeness (QED) is 0.858. The van der Waals surface area contributed by atoms with Crippen LogP contribution in [0.3, 0.4) is 0 Å². The highest BCUT2D eigenvalue weighted by Gasteiger charge is 2.13. The zero-order valence-electron chi connectivity index (χ0n) is 12.6. The summed E-state index contributed by atoms with van der Waals surface area (Å²) < 4.78 is 11.4. The first-order valence-corrected chi connectivity index (χ1v) is 7.43. The van der Waals surface area contributed by atoms with Crippen molar-refractivity contribution in [3.05, 3.63) is 10.9 Å². The number of aromatic nitrogens is 2. The second kappa shape index (κ2) is 5.93. The van der Waals surface area contributed by atoms with E-state index in [0.717, 1.165) is 10.2 Å². The molecule has 0 spiro atoms. The highest BCUT2D eigenvalue weighted by molar-refractivity contribution is 7.18. The number of thiophene rings is 1. The van der Waals surface area contributed by atoms with Crippen LogP contribution in [0.4, 0.5) is 5.95 Å². The Morgan fingerprint density at radius 2 is 2.00 bits per heavy atom. The summed E-state index contributed by atoms with van der Waals surface area (Å²) in [6.07, 6.45) is 0. The fraction of sp³-hybridized carbons (Fsp3) is 0.571. The Morgan fingerprint density at radius 3 is 2.65 bits per heavy atom. The molecule has 0 atom stereocenters. The molecule has 0 fully saturated rings. The molecule has 1 N–H and O–H groups in total. The summed E-state index contributed by atoms with van der Waals surface area (Å²) in [5.41, 5.74) is -0.153. The molecule has 0 aliphatic carbocycles. The van der Waals surface area contributed by atoms with Crippen molar-refractivity contribution >= 4 is 27.5 Å². The van der Waals surface area contributed by atoms with Crippen LogP contribution in [-0.2, 0) is 4.74 Å². The van der Waals surface area contributed by atoms with Crippen LogP contribution in [0.5, 0.6) is 5.88 Å². The Morgan fingerprint density at radius 1 is 1.25 bits per heavy atom. The SMILES string of the molecule is CNc1nc(OCCOC(C)(C)C)c2cc(C)sc2n1. The van der Waals surface area contributed by atoms with E-state index in [1.54, 1.807) is 18.4 Å². The lowest BCUT2D eigenvalue weighted by Crippen LogP contribution is -2.22. The van der Waals surface area contributed by atoms with E-state index < -0.39 is 0 Å². The van der Waals surface area contributed by atoms with Crippen molar-refractivity contribution in [2.75, 3.05) is 25.6 Å². The number of hydrogen-bond acceptors (Lipinski definition) is 6. The van der Waals surface area contributed by atoms with E-state index in [1.807, 2.05) is 20.8 Å². The molecule has 6 heteroatoms. The van der Waals surface area contributed by atoms with Crippen molar-refractivity contribution in [1.29, 1.82) is 0 Å². The van der Waals surface area contributed by atoms with Gasteiger partial charge in [0.1, 0.15) is 11.4 Å². The Kier molecular flexibility index (Phi) is 4.45. The molecule has 0 radical (unpaired) electrons. The summed E-state index contributed by atoms with van der Waals surface area (Å²) in [6, 6.07) is 2.05. The van der Waals surface area contributed by atoms with Gasteiger partial charge in [-0.3, -0.25) is 0 Å². The van der Waals surface area contributed by atoms with Gasteiger partial charge in [0.05, 0.1) is 17.6 Å². The summed E-state index contributed by atoms with van der Waals surface area (Å²) in [7, 11) is 1.80. The Hall–Kier alpha value is -1.40. The van der Waals surface area contributed by atoms with Crippen LogP contribution in [-0.4, -0.2) is 35.8 Å². The second-order valence-electron chi connectivity index (χ2n) is 5.49. The van der Waals surface area contributed by atoms with Gasteiger partial charge in [-0.05, 0) is 33.8 Å². The standard InChI is InChI=1S/C14H21N3O2S/c1-9-8-10-11(18-6-7-19-14(2,3)4)16-13(15-5)17-12(10)20-9/h8H,6-7H2,1-5H3,(H,15,16,17). The Labute approximate surface area is 123 Å². The molecule has 2 heterocycles. The highest BCUT2D eigenvalue weighted by Crippen LogP contribution is 2.30. The summed E-state index contributed by atoms with van der Waals surface area (Å²) in [5, 5.41) is 3.92. The predicted octanol–water partition coefficient (Wildman–Crippen LogP) is 3.24. The number of fused-ring (bicyclic) bond motifs is 1. The molecule has 20 heavy (non-hydrogen) atoms. The second-order valence-corrected chi connectivity index (χ2v) is 6.72. The normalized spacial score (nSPS) is 11.8. The molecule has 0 saturated heterocycles. The van der Waals surface area contributed by atoms with E-state index in [9.17, 15) is 0 Å². The third kappa shape index (κ3) is 3.80. The molecule has 0 saturated carbocycles. The maximum Gasteiger partial charge on any atom is 0.227 e. The van der Waals surface area contributed by atoms with Crippen molar-refractivity contribution in [2.45, 2.75) is 33.3 Å². The number of anilines is 1. The van der Waals surface area contributed by atoms with E-state index in [4.69, 9.17) is 9.47 Å². The maximum atomic E-state index is 5.76. The first-order chi connectivity index (χ1) is 9.39. The molecule has 2 rings (SSSR count). The Bertz CT molecular complexity index is 590. The van der Waals surface area contributed by atoms with Gasteiger partial charge in [-0.25, -0.2) is 4.98 Å². The number of aryl methyl sites for hydroxylation is 1. The fourth-order valence-electron chi connectivity index (χ4n) is 1.72. The molecule has 110 valence electrons. The van der Waals surface area contributed by atoms with Gasteiger partial charge >= 0.3 is 0 Å². The monoisotopic (exact) mass is 295 g/mol. The molecule has 2 aromatic rings. The average Bonchev–Trinajstić information content (AvgIpc) is 2.73. The molecule has 0 bridgehead atoms. The molecule has 0 amide bonds. The van der Waals surface area contributed by atoms with Gasteiger partial charge < -0.3 is 14.8 Å². The minimum atomic E-state index is -0.153. The van der Waals surface area contributed by atoms with Crippen LogP contribution < -0.4 is 10.1 Å². The topological polar surface area (TPSA) is 56.3 Å². The van der Waals surface area contributed by atoms with E-state index in [2.05, 4.69) is 28.3 Å². The summed E-state index contributed by atoms with van der Waals surface area (Å²) >= 11 is 1.64. The van der Waals surface area contributed by atoms with Gasteiger partial charge in [0.15, 0.2) is 0 Å². The van der Waals surface area contributed by atoms with Gasteiger partial charge in [-0.1, -0.05) is 0 Å². The first-order valence-electron chi connectivity index (χ1n) is 6.62. The summed E-state index contributed by atoms with van der Waals surface area (Å²) in [6.45, 7) is 9.14. The van der Waals surface area contributed by atoms with Gasteiger partial charge in [-0.2, -0.15) is 4.98 Å². The smallest absolute Gasteiger partial charge is 0.227 e.